The van der Waals surface area contributed by atoms with Crippen LogP contribution in [0.2, 0.25) is 10.0 Å². The van der Waals surface area contributed by atoms with Gasteiger partial charge in [0, 0.05) is 54.9 Å². The minimum absolute atomic E-state index is 0.0968. The standard InChI is InChI=1S/C29H36Cl2N6O.C7H14/c30-24-10-9-23(27(31)17-24)16-25(32)18-36-12-13-37(19-26(36)6-3-11-35-29(33)34)28(38)15-20-7-8-21-4-1-2-5-22(21)14-20;1-7-5-3-2-4-6-7/h1-2,4-5,7-10,14,17,25-26H,3,6,11-13,15-16,18-19,32H2,(H4,33,34,35);7H,2-6H2,1H3/t25-,26?;/m1./s1. The van der Waals surface area contributed by atoms with Gasteiger partial charge in [-0.1, -0.05) is 111 Å². The molecular formula is C36H50Cl2N6O. The van der Waals surface area contributed by atoms with Gasteiger partial charge in [0.05, 0.1) is 6.42 Å². The molecule has 3 aromatic rings. The van der Waals surface area contributed by atoms with Crippen LogP contribution in [-0.4, -0.2) is 66.5 Å². The number of rotatable bonds is 10. The van der Waals surface area contributed by atoms with E-state index in [4.69, 9.17) is 40.4 Å². The summed E-state index contributed by atoms with van der Waals surface area (Å²) < 4.78 is 0. The van der Waals surface area contributed by atoms with Gasteiger partial charge in [-0.3, -0.25) is 14.7 Å². The highest BCUT2D eigenvalue weighted by Gasteiger charge is 2.30. The molecule has 0 radical (unpaired) electrons. The highest BCUT2D eigenvalue weighted by Crippen LogP contribution is 2.24. The van der Waals surface area contributed by atoms with Crippen molar-refractivity contribution >= 4 is 45.8 Å². The molecule has 3 aromatic carbocycles. The van der Waals surface area contributed by atoms with Crippen LogP contribution in [0.1, 0.15) is 63.0 Å². The van der Waals surface area contributed by atoms with E-state index in [0.29, 0.717) is 49.1 Å². The van der Waals surface area contributed by atoms with E-state index in [9.17, 15) is 4.79 Å². The van der Waals surface area contributed by atoms with E-state index >= 15 is 0 Å². The van der Waals surface area contributed by atoms with Crippen molar-refractivity contribution in [3.8, 4) is 0 Å². The number of hydrogen-bond donors (Lipinski definition) is 3. The number of amides is 1. The molecule has 1 unspecified atom stereocenters. The molecule has 6 N–H and O–H groups in total. The molecule has 1 aliphatic carbocycles. The first kappa shape index (κ1) is 35.0. The van der Waals surface area contributed by atoms with Gasteiger partial charge in [0.25, 0.3) is 0 Å². The fraction of sp³-hybridized carbons (Fsp3) is 0.500. The van der Waals surface area contributed by atoms with E-state index in [0.717, 1.165) is 41.8 Å². The molecule has 9 heteroatoms. The molecule has 5 rings (SSSR count). The zero-order valence-corrected chi connectivity index (χ0v) is 28.2. The Hall–Kier alpha value is -2.84. The zero-order valence-electron chi connectivity index (χ0n) is 26.6. The molecule has 0 aromatic heterocycles. The van der Waals surface area contributed by atoms with Gasteiger partial charge < -0.3 is 22.1 Å². The first-order valence-corrected chi connectivity index (χ1v) is 17.2. The molecule has 1 saturated heterocycles. The third-order valence-electron chi connectivity index (χ3n) is 8.98. The lowest BCUT2D eigenvalue weighted by Gasteiger charge is -2.42. The summed E-state index contributed by atoms with van der Waals surface area (Å²) >= 11 is 12.4. The van der Waals surface area contributed by atoms with Crippen molar-refractivity contribution in [2.75, 3.05) is 32.7 Å². The van der Waals surface area contributed by atoms with E-state index in [1.807, 2.05) is 35.2 Å². The van der Waals surface area contributed by atoms with Crippen LogP contribution in [0.3, 0.4) is 0 Å². The summed E-state index contributed by atoms with van der Waals surface area (Å²) in [6.07, 6.45) is 10.2. The van der Waals surface area contributed by atoms with Crippen LogP contribution in [0.5, 0.6) is 0 Å². The SMILES string of the molecule is CC1CCCCC1.NC(N)=NCCCC1CN(C(=O)Cc2ccc3ccccc3c2)CCN1C[C@H](N)Cc1ccc(Cl)cc1Cl. The molecule has 1 heterocycles. The van der Waals surface area contributed by atoms with Gasteiger partial charge in [0.1, 0.15) is 0 Å². The second kappa shape index (κ2) is 17.7. The number of carbonyl (C=O) groups excluding carboxylic acids is 1. The number of hydrogen-bond acceptors (Lipinski definition) is 4. The summed E-state index contributed by atoms with van der Waals surface area (Å²) in [4.78, 5) is 21.8. The Morgan fingerprint density at radius 1 is 0.978 bits per heavy atom. The Labute approximate surface area is 279 Å². The molecule has 45 heavy (non-hydrogen) atoms. The van der Waals surface area contributed by atoms with Crippen LogP contribution in [-0.2, 0) is 17.6 Å². The Morgan fingerprint density at radius 3 is 2.42 bits per heavy atom. The van der Waals surface area contributed by atoms with Gasteiger partial charge in [0.15, 0.2) is 5.96 Å². The maximum Gasteiger partial charge on any atom is 0.227 e. The van der Waals surface area contributed by atoms with E-state index in [1.54, 1.807) is 6.07 Å². The number of piperazine rings is 1. The number of benzene rings is 3. The predicted octanol–water partition coefficient (Wildman–Crippen LogP) is 6.41. The Kier molecular flexibility index (Phi) is 13.8. The van der Waals surface area contributed by atoms with Gasteiger partial charge in [-0.15, -0.1) is 0 Å². The molecule has 244 valence electrons. The smallest absolute Gasteiger partial charge is 0.227 e. The molecule has 7 nitrogen and oxygen atoms in total. The average molecular weight is 654 g/mol. The topological polar surface area (TPSA) is 114 Å². The summed E-state index contributed by atoms with van der Waals surface area (Å²) in [6.45, 7) is 5.72. The highest BCUT2D eigenvalue weighted by atomic mass is 35.5. The van der Waals surface area contributed by atoms with Crippen molar-refractivity contribution in [2.24, 2.45) is 28.1 Å². The van der Waals surface area contributed by atoms with Crippen molar-refractivity contribution in [2.45, 2.75) is 76.8 Å². The van der Waals surface area contributed by atoms with E-state index in [2.05, 4.69) is 41.1 Å². The van der Waals surface area contributed by atoms with Crippen molar-refractivity contribution < 1.29 is 4.79 Å². The number of carbonyl (C=O) groups is 1. The molecule has 0 bridgehead atoms. The maximum atomic E-state index is 13.3. The number of halogens is 2. The fourth-order valence-electron chi connectivity index (χ4n) is 6.45. The number of aliphatic imine (C=N–C) groups is 1. The van der Waals surface area contributed by atoms with Crippen LogP contribution in [0.15, 0.2) is 65.7 Å². The zero-order chi connectivity index (χ0) is 32.2. The van der Waals surface area contributed by atoms with Crippen LogP contribution < -0.4 is 17.2 Å². The lowest BCUT2D eigenvalue weighted by Crippen LogP contribution is -2.57. The van der Waals surface area contributed by atoms with E-state index in [-0.39, 0.29) is 24.0 Å². The van der Waals surface area contributed by atoms with Crippen LogP contribution in [0.25, 0.3) is 10.8 Å². The lowest BCUT2D eigenvalue weighted by atomic mass is 9.91. The van der Waals surface area contributed by atoms with Crippen molar-refractivity contribution in [1.29, 1.82) is 0 Å². The van der Waals surface area contributed by atoms with Crippen molar-refractivity contribution in [3.63, 3.8) is 0 Å². The minimum Gasteiger partial charge on any atom is -0.370 e. The van der Waals surface area contributed by atoms with Crippen molar-refractivity contribution in [3.05, 3.63) is 81.8 Å². The molecule has 2 aliphatic rings. The first-order chi connectivity index (χ1) is 21.7. The molecular weight excluding hydrogens is 603 g/mol. The Balaban J connectivity index is 0.000000580. The van der Waals surface area contributed by atoms with Gasteiger partial charge in [0.2, 0.25) is 5.91 Å². The fourth-order valence-corrected chi connectivity index (χ4v) is 6.93. The predicted molar refractivity (Wildman–Crippen MR) is 190 cm³/mol. The third kappa shape index (κ3) is 11.5. The maximum absolute atomic E-state index is 13.3. The third-order valence-corrected chi connectivity index (χ3v) is 9.56. The van der Waals surface area contributed by atoms with Gasteiger partial charge in [-0.2, -0.15) is 0 Å². The van der Waals surface area contributed by atoms with Gasteiger partial charge >= 0.3 is 0 Å². The van der Waals surface area contributed by atoms with Crippen LogP contribution in [0.4, 0.5) is 0 Å². The highest BCUT2D eigenvalue weighted by molar-refractivity contribution is 6.35. The van der Waals surface area contributed by atoms with Gasteiger partial charge in [-0.25, -0.2) is 0 Å². The van der Waals surface area contributed by atoms with Crippen molar-refractivity contribution in [1.82, 2.24) is 9.80 Å². The van der Waals surface area contributed by atoms with E-state index in [1.165, 1.54) is 37.5 Å². The summed E-state index contributed by atoms with van der Waals surface area (Å²) in [7, 11) is 0. The lowest BCUT2D eigenvalue weighted by molar-refractivity contribution is -0.133. The second-order valence-electron chi connectivity index (χ2n) is 12.7. The molecule has 1 amide bonds. The summed E-state index contributed by atoms with van der Waals surface area (Å²) in [5, 5.41) is 3.56. The van der Waals surface area contributed by atoms with Crippen LogP contribution >= 0.6 is 23.2 Å². The summed E-state index contributed by atoms with van der Waals surface area (Å²) in [6, 6.07) is 20.0. The minimum atomic E-state index is -0.103. The summed E-state index contributed by atoms with van der Waals surface area (Å²) in [5.74, 6) is 1.28. The molecule has 2 atom stereocenters. The molecule has 2 fully saturated rings. The number of fused-ring (bicyclic) bond motifs is 1. The monoisotopic (exact) mass is 652 g/mol. The first-order valence-electron chi connectivity index (χ1n) is 16.4. The quantitative estimate of drug-likeness (QED) is 0.133. The number of nitrogens with zero attached hydrogens (tertiary/aromatic N) is 3. The number of guanidine groups is 1. The average Bonchev–Trinajstić information content (AvgIpc) is 3.02. The van der Waals surface area contributed by atoms with Gasteiger partial charge in [-0.05, 0) is 59.2 Å². The molecule has 1 aliphatic heterocycles. The largest absolute Gasteiger partial charge is 0.370 e. The van der Waals surface area contributed by atoms with Crippen LogP contribution in [0, 0.1) is 5.92 Å². The normalized spacial score (nSPS) is 18.2. The summed E-state index contributed by atoms with van der Waals surface area (Å²) in [5.41, 5.74) is 19.6. The number of nitrogens with two attached hydrogens (primary N) is 3. The molecule has 1 saturated carbocycles. The second-order valence-corrected chi connectivity index (χ2v) is 13.6. The Morgan fingerprint density at radius 2 is 1.73 bits per heavy atom. The molecule has 0 spiro atoms. The van der Waals surface area contributed by atoms with E-state index < -0.39 is 0 Å². The Bertz CT molecular complexity index is 1410.